The second-order valence-corrected chi connectivity index (χ2v) is 5.72. The first-order valence-electron chi connectivity index (χ1n) is 7.86. The highest BCUT2D eigenvalue weighted by Gasteiger charge is 2.12. The zero-order chi connectivity index (χ0) is 18.7. The summed E-state index contributed by atoms with van der Waals surface area (Å²) in [5, 5.41) is 11.0. The van der Waals surface area contributed by atoms with Gasteiger partial charge < -0.3 is 10.5 Å². The molecule has 0 radical (unpaired) electrons. The Kier molecular flexibility index (Phi) is 4.70. The molecule has 1 heterocycles. The lowest BCUT2D eigenvalue weighted by Crippen LogP contribution is -2.22. The number of hydrogen-bond acceptors (Lipinski definition) is 5. The monoisotopic (exact) mass is 351 g/mol. The van der Waals surface area contributed by atoms with Crippen LogP contribution in [0.3, 0.4) is 0 Å². The van der Waals surface area contributed by atoms with Gasteiger partial charge in [-0.1, -0.05) is 24.3 Å². The Labute approximate surface area is 149 Å². The van der Waals surface area contributed by atoms with Gasteiger partial charge in [0.05, 0.1) is 18.6 Å². The number of ether oxygens (including phenoxy) is 1. The van der Waals surface area contributed by atoms with E-state index in [1.165, 1.54) is 29.9 Å². The maximum atomic E-state index is 12.0. The smallest absolute Gasteiger partial charge is 0.270 e. The molecule has 2 N–H and O–H groups in total. The predicted octanol–water partition coefficient (Wildman–Crippen LogP) is 3.06. The summed E-state index contributed by atoms with van der Waals surface area (Å²) in [6, 6.07) is 16.5. The average Bonchev–Trinajstić information content (AvgIpc) is 2.65. The number of nitro benzene ring substituents is 1. The van der Waals surface area contributed by atoms with Gasteiger partial charge in [-0.3, -0.25) is 19.5 Å². The minimum atomic E-state index is -0.440. The number of nitrogen functional groups attached to an aromatic ring is 1. The van der Waals surface area contributed by atoms with Crippen molar-refractivity contribution in [2.45, 2.75) is 6.54 Å². The van der Waals surface area contributed by atoms with Gasteiger partial charge >= 0.3 is 0 Å². The van der Waals surface area contributed by atoms with E-state index in [9.17, 15) is 14.9 Å². The first-order valence-corrected chi connectivity index (χ1v) is 7.86. The summed E-state index contributed by atoms with van der Waals surface area (Å²) < 4.78 is 6.85. The standard InChI is InChI=1S/C19H17N3O4/c1-26-17-9-8-13(12-21-18(20)6-3-7-19(21)23)10-16(17)14-4-2-5-15(11-14)22(24)25/h2-11H,12,20H2,1H3. The van der Waals surface area contributed by atoms with E-state index in [-0.39, 0.29) is 17.8 Å². The molecule has 0 saturated carbocycles. The van der Waals surface area contributed by atoms with Gasteiger partial charge in [0.1, 0.15) is 11.6 Å². The predicted molar refractivity (Wildman–Crippen MR) is 99.3 cm³/mol. The van der Waals surface area contributed by atoms with Crippen LogP contribution in [0.4, 0.5) is 11.5 Å². The molecule has 0 aliphatic heterocycles. The van der Waals surface area contributed by atoms with Crippen molar-refractivity contribution in [1.29, 1.82) is 0 Å². The number of anilines is 1. The van der Waals surface area contributed by atoms with E-state index in [4.69, 9.17) is 10.5 Å². The summed E-state index contributed by atoms with van der Waals surface area (Å²) in [7, 11) is 1.54. The summed E-state index contributed by atoms with van der Waals surface area (Å²) in [5.74, 6) is 0.952. The third-order valence-corrected chi connectivity index (χ3v) is 4.06. The highest BCUT2D eigenvalue weighted by Crippen LogP contribution is 2.33. The van der Waals surface area contributed by atoms with E-state index in [0.29, 0.717) is 22.7 Å². The van der Waals surface area contributed by atoms with Crippen LogP contribution in [-0.2, 0) is 6.54 Å². The Hall–Kier alpha value is -3.61. The van der Waals surface area contributed by atoms with Crippen LogP contribution in [0.1, 0.15) is 5.56 Å². The van der Waals surface area contributed by atoms with Crippen molar-refractivity contribution in [3.8, 4) is 16.9 Å². The number of pyridine rings is 1. The van der Waals surface area contributed by atoms with E-state index >= 15 is 0 Å². The molecule has 0 fully saturated rings. The van der Waals surface area contributed by atoms with Crippen molar-refractivity contribution in [3.63, 3.8) is 0 Å². The number of aromatic nitrogens is 1. The highest BCUT2D eigenvalue weighted by molar-refractivity contribution is 5.73. The van der Waals surface area contributed by atoms with Gasteiger partial charge in [0.2, 0.25) is 0 Å². The summed E-state index contributed by atoms with van der Waals surface area (Å²) in [5.41, 5.74) is 7.88. The van der Waals surface area contributed by atoms with Gasteiger partial charge in [-0.2, -0.15) is 0 Å². The van der Waals surface area contributed by atoms with Crippen LogP contribution in [0.2, 0.25) is 0 Å². The molecule has 0 unspecified atom stereocenters. The van der Waals surface area contributed by atoms with Gasteiger partial charge in [-0.25, -0.2) is 0 Å². The second kappa shape index (κ2) is 7.10. The normalized spacial score (nSPS) is 10.5. The minimum Gasteiger partial charge on any atom is -0.496 e. The van der Waals surface area contributed by atoms with Crippen LogP contribution in [0.5, 0.6) is 5.75 Å². The minimum absolute atomic E-state index is 0.00141. The number of nitro groups is 1. The zero-order valence-corrected chi connectivity index (χ0v) is 14.1. The zero-order valence-electron chi connectivity index (χ0n) is 14.1. The Morgan fingerprint density at radius 1 is 1.12 bits per heavy atom. The molecule has 132 valence electrons. The third-order valence-electron chi connectivity index (χ3n) is 4.06. The van der Waals surface area contributed by atoms with Crippen molar-refractivity contribution in [1.82, 2.24) is 4.57 Å². The molecule has 7 nitrogen and oxygen atoms in total. The van der Waals surface area contributed by atoms with Crippen LogP contribution in [0.15, 0.2) is 65.5 Å². The lowest BCUT2D eigenvalue weighted by Gasteiger charge is -2.13. The number of hydrogen-bond donors (Lipinski definition) is 1. The first-order chi connectivity index (χ1) is 12.5. The molecule has 0 aliphatic rings. The average molecular weight is 351 g/mol. The van der Waals surface area contributed by atoms with Crippen molar-refractivity contribution in [3.05, 3.63) is 86.7 Å². The Bertz CT molecular complexity index is 1030. The number of methoxy groups -OCH3 is 1. The van der Waals surface area contributed by atoms with Gasteiger partial charge in [-0.05, 0) is 29.3 Å². The van der Waals surface area contributed by atoms with Gasteiger partial charge in [0, 0.05) is 23.8 Å². The van der Waals surface area contributed by atoms with Crippen LogP contribution in [0.25, 0.3) is 11.1 Å². The highest BCUT2D eigenvalue weighted by atomic mass is 16.6. The van der Waals surface area contributed by atoms with Crippen LogP contribution in [-0.4, -0.2) is 16.6 Å². The van der Waals surface area contributed by atoms with Crippen molar-refractivity contribution in [2.24, 2.45) is 0 Å². The number of benzene rings is 2. The van der Waals surface area contributed by atoms with E-state index in [1.807, 2.05) is 12.1 Å². The molecule has 26 heavy (non-hydrogen) atoms. The third kappa shape index (κ3) is 3.41. The molecular formula is C19H17N3O4. The molecule has 0 saturated heterocycles. The SMILES string of the molecule is COc1ccc(Cn2c(N)cccc2=O)cc1-c1cccc([N+](=O)[O-])c1. The summed E-state index contributed by atoms with van der Waals surface area (Å²) in [4.78, 5) is 22.6. The molecule has 2 aromatic carbocycles. The van der Waals surface area contributed by atoms with Gasteiger partial charge in [0.25, 0.3) is 11.2 Å². The molecule has 3 rings (SSSR count). The topological polar surface area (TPSA) is 100 Å². The number of nitrogens with two attached hydrogens (primary N) is 1. The van der Waals surface area contributed by atoms with Crippen molar-refractivity contribution < 1.29 is 9.66 Å². The number of rotatable bonds is 5. The van der Waals surface area contributed by atoms with E-state index in [0.717, 1.165) is 5.56 Å². The molecule has 0 bridgehead atoms. The number of non-ortho nitro benzene ring substituents is 1. The fourth-order valence-corrected chi connectivity index (χ4v) is 2.75. The summed E-state index contributed by atoms with van der Waals surface area (Å²) in [6.45, 7) is 0.289. The second-order valence-electron chi connectivity index (χ2n) is 5.72. The molecule has 1 aromatic heterocycles. The van der Waals surface area contributed by atoms with Crippen LogP contribution in [0, 0.1) is 10.1 Å². The molecule has 7 heteroatoms. The molecule has 3 aromatic rings. The Morgan fingerprint density at radius 3 is 2.58 bits per heavy atom. The van der Waals surface area contributed by atoms with Crippen LogP contribution >= 0.6 is 0 Å². The summed E-state index contributed by atoms with van der Waals surface area (Å²) in [6.07, 6.45) is 0. The van der Waals surface area contributed by atoms with Gasteiger partial charge in [0.15, 0.2) is 0 Å². The molecule has 0 aliphatic carbocycles. The fraction of sp³-hybridized carbons (Fsp3) is 0.105. The number of nitrogens with zero attached hydrogens (tertiary/aromatic N) is 2. The van der Waals surface area contributed by atoms with Crippen LogP contribution < -0.4 is 16.0 Å². The molecular weight excluding hydrogens is 334 g/mol. The first kappa shape index (κ1) is 17.2. The van der Waals surface area contributed by atoms with E-state index in [2.05, 4.69) is 0 Å². The van der Waals surface area contributed by atoms with Crippen molar-refractivity contribution >= 4 is 11.5 Å². The fourth-order valence-electron chi connectivity index (χ4n) is 2.75. The molecule has 0 atom stereocenters. The molecule has 0 amide bonds. The van der Waals surface area contributed by atoms with E-state index < -0.39 is 4.92 Å². The van der Waals surface area contributed by atoms with E-state index in [1.54, 1.807) is 30.3 Å². The Morgan fingerprint density at radius 2 is 1.88 bits per heavy atom. The Balaban J connectivity index is 2.06. The largest absolute Gasteiger partial charge is 0.496 e. The molecule has 0 spiro atoms. The van der Waals surface area contributed by atoms with Gasteiger partial charge in [-0.15, -0.1) is 0 Å². The lowest BCUT2D eigenvalue weighted by molar-refractivity contribution is -0.384. The quantitative estimate of drug-likeness (QED) is 0.562. The maximum absolute atomic E-state index is 12.0. The lowest BCUT2D eigenvalue weighted by atomic mass is 10.0. The maximum Gasteiger partial charge on any atom is 0.270 e. The summed E-state index contributed by atoms with van der Waals surface area (Å²) >= 11 is 0. The van der Waals surface area contributed by atoms with Crippen molar-refractivity contribution in [2.75, 3.05) is 12.8 Å².